The smallest absolute Gasteiger partial charge is 0.472 e. The van der Waals surface area contributed by atoms with Crippen LogP contribution in [0.5, 0.6) is 0 Å². The maximum absolute atomic E-state index is 12.7. The lowest BCUT2D eigenvalue weighted by Crippen LogP contribution is -2.34. The van der Waals surface area contributed by atoms with Crippen LogP contribution in [-0.4, -0.2) is 60.5 Å². The van der Waals surface area contributed by atoms with Crippen molar-refractivity contribution in [2.75, 3.05) is 26.4 Å². The second-order valence-corrected chi connectivity index (χ2v) is 18.7. The van der Waals surface area contributed by atoms with Crippen LogP contribution in [0.2, 0.25) is 0 Å². The molecule has 0 fully saturated rings. The highest BCUT2D eigenvalue weighted by molar-refractivity contribution is 7.47. The van der Waals surface area contributed by atoms with Crippen molar-refractivity contribution >= 4 is 19.8 Å². The zero-order chi connectivity index (χ0) is 49.0. The van der Waals surface area contributed by atoms with E-state index in [-0.39, 0.29) is 13.0 Å². The molecule has 0 heterocycles. The molecule has 0 saturated heterocycles. The summed E-state index contributed by atoms with van der Waals surface area (Å²) in [5, 5.41) is 8.94. The summed E-state index contributed by atoms with van der Waals surface area (Å²) in [6, 6.07) is -1.48. The lowest BCUT2D eigenvalue weighted by molar-refractivity contribution is -0.154. The summed E-state index contributed by atoms with van der Waals surface area (Å²) in [6.07, 6.45) is 67.5. The second-order valence-electron chi connectivity index (χ2n) is 17.3. The normalized spacial score (nSPS) is 14.4. The van der Waals surface area contributed by atoms with Gasteiger partial charge in [0, 0.05) is 13.0 Å². The van der Waals surface area contributed by atoms with Crippen molar-refractivity contribution in [1.29, 1.82) is 0 Å². The maximum Gasteiger partial charge on any atom is 0.472 e. The van der Waals surface area contributed by atoms with Gasteiger partial charge in [-0.3, -0.25) is 18.6 Å². The maximum atomic E-state index is 12.7. The Bertz CT molecular complexity index is 1430. The highest BCUT2D eigenvalue weighted by Gasteiger charge is 2.27. The van der Waals surface area contributed by atoms with Crippen LogP contribution in [0, 0.1) is 0 Å². The van der Waals surface area contributed by atoms with Gasteiger partial charge < -0.3 is 25.2 Å². The number of carbonyl (C=O) groups is 2. The predicted molar refractivity (Wildman–Crippen MR) is 281 cm³/mol. The van der Waals surface area contributed by atoms with E-state index in [9.17, 15) is 19.0 Å². The van der Waals surface area contributed by atoms with Crippen molar-refractivity contribution in [2.24, 2.45) is 5.73 Å². The first-order chi connectivity index (χ1) is 32.7. The lowest BCUT2D eigenvalue weighted by atomic mass is 10.1. The molecule has 0 aromatic carbocycles. The van der Waals surface area contributed by atoms with Crippen molar-refractivity contribution in [2.45, 2.75) is 219 Å². The first-order valence-corrected chi connectivity index (χ1v) is 27.8. The minimum atomic E-state index is -4.64. The Labute approximate surface area is 409 Å². The largest absolute Gasteiger partial charge is 0.480 e. The van der Waals surface area contributed by atoms with Crippen LogP contribution in [0.15, 0.2) is 97.2 Å². The SMILES string of the molecule is CC/C=C\C/C=C\C/C=C\C/C=C\C/C=C\C/C=C\CCCCCCCOCC(COP(=O)(O)OCC(N)C(=O)O)OC(=O)CCCCCCCCCCC/C=C\C/C=C\CCCCCCC. The zero-order valence-electron chi connectivity index (χ0n) is 42.2. The second kappa shape index (κ2) is 50.8. The van der Waals surface area contributed by atoms with E-state index in [0.29, 0.717) is 13.0 Å². The molecule has 11 heteroatoms. The fourth-order valence-electron chi connectivity index (χ4n) is 6.81. The Hall–Kier alpha value is -3.11. The topological polar surface area (TPSA) is 155 Å². The van der Waals surface area contributed by atoms with Gasteiger partial charge in [-0.2, -0.15) is 0 Å². The van der Waals surface area contributed by atoms with Gasteiger partial charge in [0.05, 0.1) is 19.8 Å². The van der Waals surface area contributed by atoms with Gasteiger partial charge >= 0.3 is 19.8 Å². The average Bonchev–Trinajstić information content (AvgIpc) is 3.31. The molecular formula is C56H96NO9P. The number of ether oxygens (including phenoxy) is 2. The number of phosphoric ester groups is 1. The predicted octanol–water partition coefficient (Wildman–Crippen LogP) is 15.7. The summed E-state index contributed by atoms with van der Waals surface area (Å²) in [4.78, 5) is 33.7. The number of aliphatic carboxylic acids is 1. The Kier molecular flexibility index (Phi) is 48.4. The number of rotatable bonds is 49. The van der Waals surface area contributed by atoms with Crippen molar-refractivity contribution in [1.82, 2.24) is 0 Å². The van der Waals surface area contributed by atoms with Gasteiger partial charge in [-0.25, -0.2) is 4.57 Å². The van der Waals surface area contributed by atoms with E-state index in [1.807, 2.05) is 0 Å². The van der Waals surface area contributed by atoms with Gasteiger partial charge in [-0.05, 0) is 96.3 Å². The molecule has 384 valence electrons. The van der Waals surface area contributed by atoms with E-state index in [2.05, 4.69) is 111 Å². The molecule has 0 rings (SSSR count). The molecule has 0 aromatic heterocycles. The number of esters is 1. The van der Waals surface area contributed by atoms with Crippen molar-refractivity contribution in [3.63, 3.8) is 0 Å². The quantitative estimate of drug-likeness (QED) is 0.0232. The molecule has 0 aliphatic heterocycles. The van der Waals surface area contributed by atoms with Crippen LogP contribution in [-0.2, 0) is 32.7 Å². The first-order valence-electron chi connectivity index (χ1n) is 26.3. The third kappa shape index (κ3) is 50.6. The number of allylic oxidation sites excluding steroid dienone is 16. The lowest BCUT2D eigenvalue weighted by Gasteiger charge is -2.20. The van der Waals surface area contributed by atoms with Gasteiger partial charge in [-0.1, -0.05) is 201 Å². The fraction of sp³-hybridized carbons (Fsp3) is 0.679. The molecule has 0 bridgehead atoms. The number of nitrogens with two attached hydrogens (primary N) is 1. The third-order valence-electron chi connectivity index (χ3n) is 10.8. The van der Waals surface area contributed by atoms with Crippen LogP contribution in [0.25, 0.3) is 0 Å². The molecule has 0 amide bonds. The minimum Gasteiger partial charge on any atom is -0.480 e. The molecule has 10 nitrogen and oxygen atoms in total. The Morgan fingerprint density at radius 3 is 1.30 bits per heavy atom. The number of carbonyl (C=O) groups excluding carboxylic acids is 1. The summed E-state index contributed by atoms with van der Waals surface area (Å²) in [5.41, 5.74) is 5.38. The first kappa shape index (κ1) is 63.9. The zero-order valence-corrected chi connectivity index (χ0v) is 43.1. The molecule has 0 aliphatic rings. The van der Waals surface area contributed by atoms with Gasteiger partial charge in [0.15, 0.2) is 0 Å². The van der Waals surface area contributed by atoms with Crippen LogP contribution >= 0.6 is 7.82 Å². The molecule has 3 unspecified atom stereocenters. The van der Waals surface area contributed by atoms with E-state index >= 15 is 0 Å². The number of carboxylic acids is 1. The van der Waals surface area contributed by atoms with E-state index in [4.69, 9.17) is 29.4 Å². The van der Waals surface area contributed by atoms with Gasteiger partial charge in [-0.15, -0.1) is 0 Å². The number of phosphoric acid groups is 1. The number of carboxylic acid groups (broad SMARTS) is 1. The highest BCUT2D eigenvalue weighted by atomic mass is 31.2. The summed E-state index contributed by atoms with van der Waals surface area (Å²) >= 11 is 0. The van der Waals surface area contributed by atoms with Crippen molar-refractivity contribution in [3.8, 4) is 0 Å². The van der Waals surface area contributed by atoms with Gasteiger partial charge in [0.25, 0.3) is 0 Å². The number of hydrogen-bond acceptors (Lipinski definition) is 8. The molecule has 0 saturated carbocycles. The molecular weight excluding hydrogens is 862 g/mol. The summed E-state index contributed by atoms with van der Waals surface area (Å²) < 4.78 is 33.5. The van der Waals surface area contributed by atoms with Crippen LogP contribution < -0.4 is 5.73 Å². The van der Waals surface area contributed by atoms with E-state index in [0.717, 1.165) is 109 Å². The molecule has 0 aliphatic carbocycles. The van der Waals surface area contributed by atoms with E-state index in [1.165, 1.54) is 70.6 Å². The van der Waals surface area contributed by atoms with Crippen LogP contribution in [0.3, 0.4) is 0 Å². The Balaban J connectivity index is 4.22. The molecule has 3 atom stereocenters. The summed E-state index contributed by atoms with van der Waals surface area (Å²) in [6.45, 7) is 3.71. The number of hydrogen-bond donors (Lipinski definition) is 3. The van der Waals surface area contributed by atoms with Crippen molar-refractivity contribution in [3.05, 3.63) is 97.2 Å². The van der Waals surface area contributed by atoms with Gasteiger partial charge in [0.1, 0.15) is 12.1 Å². The fourth-order valence-corrected chi connectivity index (χ4v) is 7.59. The monoisotopic (exact) mass is 958 g/mol. The Morgan fingerprint density at radius 1 is 0.493 bits per heavy atom. The Morgan fingerprint density at radius 2 is 0.866 bits per heavy atom. The molecule has 0 radical (unpaired) electrons. The van der Waals surface area contributed by atoms with Gasteiger partial charge in [0.2, 0.25) is 0 Å². The molecule has 4 N–H and O–H groups in total. The molecule has 67 heavy (non-hydrogen) atoms. The number of unbranched alkanes of at least 4 members (excludes halogenated alkanes) is 19. The summed E-state index contributed by atoms with van der Waals surface area (Å²) in [5.74, 6) is -1.80. The van der Waals surface area contributed by atoms with E-state index in [1.54, 1.807) is 0 Å². The third-order valence-corrected chi connectivity index (χ3v) is 11.8. The average molecular weight is 958 g/mol. The van der Waals surface area contributed by atoms with Crippen LogP contribution in [0.4, 0.5) is 0 Å². The molecule has 0 aromatic rings. The highest BCUT2D eigenvalue weighted by Crippen LogP contribution is 2.43. The standard InChI is InChI=1S/C56H96NO9P/c1-3-5-7-9-11-13-15-17-19-21-23-25-26-27-29-31-33-35-37-39-41-43-45-47-49-63-50-53(51-64-67(61,62)65-52-54(57)56(59)60)66-55(58)48-46-44-42-40-38-36-34-32-30-28-24-22-20-18-16-14-12-10-8-6-4-2/h5,7,11,13,16-19,22-25,27,29,33,35,53-54H,3-4,6,8-10,12,14-15,20-21,26,28,30-32,34,36-52,57H2,1-2H3,(H,59,60)(H,61,62)/b7-5-,13-11-,18-16-,19-17-,24-22-,25-23-,29-27-,35-33-. The van der Waals surface area contributed by atoms with Crippen molar-refractivity contribution < 1.29 is 42.7 Å². The minimum absolute atomic E-state index is 0.00397. The molecule has 0 spiro atoms. The van der Waals surface area contributed by atoms with E-state index < -0.39 is 45.1 Å². The van der Waals surface area contributed by atoms with Crippen LogP contribution in [0.1, 0.15) is 206 Å². The summed E-state index contributed by atoms with van der Waals surface area (Å²) in [7, 11) is -4.64.